The molecule has 3 rings (SSSR count). The van der Waals surface area contributed by atoms with Crippen molar-refractivity contribution >= 4 is 50.7 Å². The van der Waals surface area contributed by atoms with Gasteiger partial charge in [0.15, 0.2) is 0 Å². The zero-order valence-electron chi connectivity index (χ0n) is 11.1. The molecule has 0 amide bonds. The number of aromatic nitrogens is 1. The minimum atomic E-state index is -0.578. The van der Waals surface area contributed by atoms with Crippen LogP contribution < -0.4 is 10.2 Å². The monoisotopic (exact) mass is 338 g/mol. The van der Waals surface area contributed by atoms with Crippen LogP contribution in [0.15, 0.2) is 29.1 Å². The maximum atomic E-state index is 12.7. The molecule has 1 heterocycles. The first-order chi connectivity index (χ1) is 10.5. The molecule has 0 aliphatic rings. The summed E-state index contributed by atoms with van der Waals surface area (Å²) in [6.45, 7) is 0. The lowest BCUT2D eigenvalue weighted by Crippen LogP contribution is -2.07. The van der Waals surface area contributed by atoms with Crippen molar-refractivity contribution in [3.8, 4) is 5.75 Å². The highest BCUT2D eigenvalue weighted by atomic mass is 35.5. The van der Waals surface area contributed by atoms with Gasteiger partial charge in [-0.25, -0.2) is 0 Å². The number of methoxy groups -OCH3 is 1. The molecule has 0 unspecified atom stereocenters. The third kappa shape index (κ3) is 2.00. The Balaban J connectivity index is 2.61. The van der Waals surface area contributed by atoms with Gasteiger partial charge in [0.25, 0.3) is 5.69 Å². The van der Waals surface area contributed by atoms with Gasteiger partial charge in [0.1, 0.15) is 11.3 Å². The van der Waals surface area contributed by atoms with Crippen molar-refractivity contribution in [2.24, 2.45) is 0 Å². The molecule has 6 nitrogen and oxygen atoms in total. The highest BCUT2D eigenvalue weighted by Crippen LogP contribution is 2.34. The second kappa shape index (κ2) is 5.15. The molecule has 8 heteroatoms. The molecular weight excluding hydrogens is 331 g/mol. The minimum absolute atomic E-state index is 0.0264. The second-order valence-corrected chi connectivity index (χ2v) is 5.32. The van der Waals surface area contributed by atoms with E-state index in [1.165, 1.54) is 19.2 Å². The van der Waals surface area contributed by atoms with E-state index in [4.69, 9.17) is 27.9 Å². The number of non-ortho nitro benzene ring substituents is 1. The molecule has 0 fully saturated rings. The number of rotatable bonds is 2. The molecule has 0 saturated heterocycles. The molecule has 0 atom stereocenters. The van der Waals surface area contributed by atoms with Crippen LogP contribution in [0.5, 0.6) is 5.75 Å². The number of H-pyrrole nitrogens is 1. The Labute approximate surface area is 133 Å². The van der Waals surface area contributed by atoms with Gasteiger partial charge in [0.05, 0.1) is 38.4 Å². The van der Waals surface area contributed by atoms with Crippen molar-refractivity contribution in [3.05, 3.63) is 54.6 Å². The number of pyridine rings is 1. The van der Waals surface area contributed by atoms with Gasteiger partial charge in [0.2, 0.25) is 5.43 Å². The molecule has 0 radical (unpaired) electrons. The van der Waals surface area contributed by atoms with Gasteiger partial charge in [-0.05, 0) is 18.2 Å². The van der Waals surface area contributed by atoms with Crippen molar-refractivity contribution in [3.63, 3.8) is 0 Å². The second-order valence-electron chi connectivity index (χ2n) is 4.53. The summed E-state index contributed by atoms with van der Waals surface area (Å²) in [4.78, 5) is 26.1. The normalized spacial score (nSPS) is 11.0. The lowest BCUT2D eigenvalue weighted by atomic mass is 10.1. The number of hydrogen-bond donors (Lipinski definition) is 1. The molecular formula is C14H8Cl2N2O4. The van der Waals surface area contributed by atoms with Crippen molar-refractivity contribution in [2.75, 3.05) is 7.11 Å². The fourth-order valence-corrected chi connectivity index (χ4v) is 2.94. The molecule has 112 valence electrons. The SMILES string of the molecule is COc1ccc2[nH]c3c([N+](=O)[O-])ccc(Cl)c3c(=O)c2c1Cl. The molecule has 0 saturated carbocycles. The Morgan fingerprint density at radius 2 is 1.91 bits per heavy atom. The van der Waals surface area contributed by atoms with Gasteiger partial charge < -0.3 is 9.72 Å². The quantitative estimate of drug-likeness (QED) is 0.436. The highest BCUT2D eigenvalue weighted by Gasteiger charge is 2.20. The fraction of sp³-hybridized carbons (Fsp3) is 0.0714. The Hall–Kier alpha value is -2.31. The molecule has 1 aromatic heterocycles. The summed E-state index contributed by atoms with van der Waals surface area (Å²) in [5.74, 6) is 0.334. The van der Waals surface area contributed by atoms with E-state index in [9.17, 15) is 14.9 Å². The molecule has 1 N–H and O–H groups in total. The van der Waals surface area contributed by atoms with Gasteiger partial charge in [0, 0.05) is 6.07 Å². The molecule has 2 aromatic carbocycles. The van der Waals surface area contributed by atoms with E-state index in [1.54, 1.807) is 12.1 Å². The summed E-state index contributed by atoms with van der Waals surface area (Å²) in [7, 11) is 1.43. The number of nitrogens with zero attached hydrogens (tertiary/aromatic N) is 1. The predicted molar refractivity (Wildman–Crippen MR) is 85.3 cm³/mol. The van der Waals surface area contributed by atoms with Gasteiger partial charge in [-0.2, -0.15) is 0 Å². The van der Waals surface area contributed by atoms with Crippen LogP contribution in [0.2, 0.25) is 10.0 Å². The van der Waals surface area contributed by atoms with Gasteiger partial charge in [-0.15, -0.1) is 0 Å². The van der Waals surface area contributed by atoms with Crippen LogP contribution in [-0.4, -0.2) is 17.0 Å². The Bertz CT molecular complexity index is 998. The van der Waals surface area contributed by atoms with Crippen LogP contribution >= 0.6 is 23.2 Å². The van der Waals surface area contributed by atoms with E-state index in [2.05, 4.69) is 4.98 Å². The third-order valence-electron chi connectivity index (χ3n) is 3.37. The van der Waals surface area contributed by atoms with E-state index in [0.717, 1.165) is 0 Å². The van der Waals surface area contributed by atoms with Crippen molar-refractivity contribution in [1.82, 2.24) is 4.98 Å². The number of nitro benzene ring substituents is 1. The number of benzene rings is 2. The zero-order valence-corrected chi connectivity index (χ0v) is 12.7. The van der Waals surface area contributed by atoms with Crippen molar-refractivity contribution in [1.29, 1.82) is 0 Å². The number of aromatic amines is 1. The van der Waals surface area contributed by atoms with Crippen molar-refractivity contribution < 1.29 is 9.66 Å². The number of halogens is 2. The first-order valence-corrected chi connectivity index (χ1v) is 6.86. The van der Waals surface area contributed by atoms with Gasteiger partial charge >= 0.3 is 0 Å². The topological polar surface area (TPSA) is 85.2 Å². The molecule has 3 aromatic rings. The van der Waals surface area contributed by atoms with Gasteiger partial charge in [-0.3, -0.25) is 14.9 Å². The number of nitrogens with one attached hydrogen (secondary N) is 1. The van der Waals surface area contributed by atoms with E-state index >= 15 is 0 Å². The molecule has 22 heavy (non-hydrogen) atoms. The lowest BCUT2D eigenvalue weighted by molar-refractivity contribution is -0.383. The Morgan fingerprint density at radius 3 is 2.55 bits per heavy atom. The van der Waals surface area contributed by atoms with Crippen LogP contribution in [0.3, 0.4) is 0 Å². The summed E-state index contributed by atoms with van der Waals surface area (Å²) in [5.41, 5.74) is -0.281. The third-order valence-corrected chi connectivity index (χ3v) is 4.06. The van der Waals surface area contributed by atoms with E-state index in [0.29, 0.717) is 11.3 Å². The average molecular weight is 339 g/mol. The largest absolute Gasteiger partial charge is 0.495 e. The molecule has 0 aliphatic heterocycles. The van der Waals surface area contributed by atoms with Crippen LogP contribution in [-0.2, 0) is 0 Å². The van der Waals surface area contributed by atoms with Crippen LogP contribution in [0, 0.1) is 10.1 Å². The maximum absolute atomic E-state index is 12.7. The molecule has 0 bridgehead atoms. The highest BCUT2D eigenvalue weighted by molar-refractivity contribution is 6.38. The summed E-state index contributed by atoms with van der Waals surface area (Å²) >= 11 is 12.2. The zero-order chi connectivity index (χ0) is 16.0. The first kappa shape index (κ1) is 14.6. The van der Waals surface area contributed by atoms with E-state index < -0.39 is 10.4 Å². The molecule has 0 spiro atoms. The summed E-state index contributed by atoms with van der Waals surface area (Å²) in [5, 5.41) is 11.6. The number of fused-ring (bicyclic) bond motifs is 2. The fourth-order valence-electron chi connectivity index (χ4n) is 2.37. The molecule has 0 aliphatic carbocycles. The minimum Gasteiger partial charge on any atom is -0.495 e. The smallest absolute Gasteiger partial charge is 0.293 e. The van der Waals surface area contributed by atoms with Crippen LogP contribution in [0.4, 0.5) is 5.69 Å². The van der Waals surface area contributed by atoms with E-state index in [1.807, 2.05) is 0 Å². The number of nitro groups is 1. The summed E-state index contributed by atoms with van der Waals surface area (Å²) < 4.78 is 5.09. The average Bonchev–Trinajstić information content (AvgIpc) is 2.47. The predicted octanol–water partition coefficient (Wildman–Crippen LogP) is 3.90. The van der Waals surface area contributed by atoms with E-state index in [-0.39, 0.29) is 32.0 Å². The number of hydrogen-bond acceptors (Lipinski definition) is 4. The standard InChI is InChI=1S/C14H8Cl2N2O4/c1-22-9-5-3-7-11(12(9)16)14(19)10-6(15)2-4-8(18(20)21)13(10)17-7/h2-5H,1H3,(H,17,19). The Morgan fingerprint density at radius 1 is 1.18 bits per heavy atom. The number of ether oxygens (including phenoxy) is 1. The van der Waals surface area contributed by atoms with Crippen LogP contribution in [0.25, 0.3) is 21.8 Å². The maximum Gasteiger partial charge on any atom is 0.293 e. The van der Waals surface area contributed by atoms with Crippen LogP contribution in [0.1, 0.15) is 0 Å². The first-order valence-electron chi connectivity index (χ1n) is 6.10. The summed E-state index contributed by atoms with van der Waals surface area (Å²) in [6.07, 6.45) is 0. The van der Waals surface area contributed by atoms with Crippen molar-refractivity contribution in [2.45, 2.75) is 0 Å². The Kier molecular flexibility index (Phi) is 3.42. The lowest BCUT2D eigenvalue weighted by Gasteiger charge is -2.08. The van der Waals surface area contributed by atoms with Gasteiger partial charge in [-0.1, -0.05) is 23.2 Å². The summed E-state index contributed by atoms with van der Waals surface area (Å²) in [6, 6.07) is 5.71.